The first-order valence-electron chi connectivity index (χ1n) is 11.4. The molecule has 0 aromatic heterocycles. The molecule has 2 saturated heterocycles. The van der Waals surface area contributed by atoms with Gasteiger partial charge in [-0.1, -0.05) is 31.0 Å². The zero-order chi connectivity index (χ0) is 20.1. The van der Waals surface area contributed by atoms with E-state index >= 15 is 0 Å². The Morgan fingerprint density at radius 3 is 2.10 bits per heavy atom. The van der Waals surface area contributed by atoms with Crippen LogP contribution in [0.2, 0.25) is 0 Å². The van der Waals surface area contributed by atoms with Crippen molar-refractivity contribution in [1.29, 1.82) is 0 Å². The number of urea groups is 1. The van der Waals surface area contributed by atoms with Gasteiger partial charge in [-0.2, -0.15) is 0 Å². The van der Waals surface area contributed by atoms with Crippen LogP contribution in [-0.2, 0) is 4.79 Å². The summed E-state index contributed by atoms with van der Waals surface area (Å²) in [6, 6.07) is 9.56. The van der Waals surface area contributed by atoms with Crippen molar-refractivity contribution in [3.63, 3.8) is 0 Å². The van der Waals surface area contributed by atoms with Gasteiger partial charge in [-0.25, -0.2) is 4.79 Å². The van der Waals surface area contributed by atoms with Crippen molar-refractivity contribution in [3.8, 4) is 0 Å². The first-order chi connectivity index (χ1) is 14.2. The van der Waals surface area contributed by atoms with E-state index in [-0.39, 0.29) is 12.1 Å². The Kier molecular flexibility index (Phi) is 6.70. The Balaban J connectivity index is 1.37. The highest BCUT2D eigenvalue weighted by atomic mass is 16.2. The molecule has 1 atom stereocenters. The number of nitrogens with zero attached hydrogens (tertiary/aromatic N) is 3. The molecule has 1 aromatic rings. The van der Waals surface area contributed by atoms with Crippen LogP contribution in [-0.4, -0.2) is 71.9 Å². The standard InChI is InChI=1S/C23H34N4O2/c28-22(26-13-7-2-8-14-26)21(19-9-5-6-10-19)25-15-17-27(18-16-25)23(29)24-20-11-3-1-4-12-20/h1,3-4,11-12,19,21H,2,5-10,13-18H2,(H,24,29). The zero-order valence-electron chi connectivity index (χ0n) is 17.4. The fraction of sp³-hybridized carbons (Fsp3) is 0.652. The van der Waals surface area contributed by atoms with Crippen LogP contribution in [0.25, 0.3) is 0 Å². The summed E-state index contributed by atoms with van der Waals surface area (Å²) in [6.45, 7) is 4.75. The quantitative estimate of drug-likeness (QED) is 0.846. The lowest BCUT2D eigenvalue weighted by molar-refractivity contribution is -0.140. The number of hydrogen-bond acceptors (Lipinski definition) is 3. The van der Waals surface area contributed by atoms with Gasteiger partial charge in [-0.05, 0) is 50.2 Å². The highest BCUT2D eigenvalue weighted by Gasteiger charge is 2.39. The number of benzene rings is 1. The lowest BCUT2D eigenvalue weighted by Crippen LogP contribution is -2.59. The van der Waals surface area contributed by atoms with E-state index in [9.17, 15) is 9.59 Å². The molecule has 1 aliphatic carbocycles. The molecule has 2 aliphatic heterocycles. The van der Waals surface area contributed by atoms with E-state index in [2.05, 4.69) is 15.1 Å². The van der Waals surface area contributed by atoms with Gasteiger partial charge in [0.2, 0.25) is 5.91 Å². The number of piperidine rings is 1. The minimum Gasteiger partial charge on any atom is -0.341 e. The average Bonchev–Trinajstić information content (AvgIpc) is 3.30. The molecule has 29 heavy (non-hydrogen) atoms. The number of anilines is 1. The lowest BCUT2D eigenvalue weighted by atomic mass is 9.93. The van der Waals surface area contributed by atoms with Gasteiger partial charge in [0, 0.05) is 45.0 Å². The highest BCUT2D eigenvalue weighted by Crippen LogP contribution is 2.32. The third-order valence-corrected chi connectivity index (χ3v) is 6.79. The van der Waals surface area contributed by atoms with E-state index in [1.165, 1.54) is 32.1 Å². The van der Waals surface area contributed by atoms with Gasteiger partial charge >= 0.3 is 6.03 Å². The summed E-state index contributed by atoms with van der Waals surface area (Å²) in [5.74, 6) is 0.827. The topological polar surface area (TPSA) is 55.9 Å². The fourth-order valence-electron chi connectivity index (χ4n) is 5.16. The van der Waals surface area contributed by atoms with E-state index in [1.54, 1.807) is 0 Å². The van der Waals surface area contributed by atoms with Crippen molar-refractivity contribution in [2.24, 2.45) is 5.92 Å². The Hall–Kier alpha value is -2.08. The molecule has 1 saturated carbocycles. The average molecular weight is 399 g/mol. The number of carbonyl (C=O) groups excluding carboxylic acids is 2. The van der Waals surface area contributed by atoms with Gasteiger partial charge in [0.05, 0.1) is 6.04 Å². The molecule has 0 bridgehead atoms. The third-order valence-electron chi connectivity index (χ3n) is 6.79. The Bertz CT molecular complexity index is 675. The number of nitrogens with one attached hydrogen (secondary N) is 1. The van der Waals surface area contributed by atoms with E-state index in [1.807, 2.05) is 35.2 Å². The molecule has 0 radical (unpaired) electrons. The molecule has 1 N–H and O–H groups in total. The smallest absolute Gasteiger partial charge is 0.321 e. The van der Waals surface area contributed by atoms with Crippen LogP contribution < -0.4 is 5.32 Å². The lowest BCUT2D eigenvalue weighted by Gasteiger charge is -2.43. The zero-order valence-corrected chi connectivity index (χ0v) is 17.4. The number of para-hydroxylation sites is 1. The molecule has 2 heterocycles. The number of rotatable bonds is 4. The maximum atomic E-state index is 13.4. The van der Waals surface area contributed by atoms with Crippen LogP contribution >= 0.6 is 0 Å². The second-order valence-corrected chi connectivity index (χ2v) is 8.69. The summed E-state index contributed by atoms with van der Waals surface area (Å²) in [6.07, 6.45) is 8.33. The van der Waals surface area contributed by atoms with E-state index < -0.39 is 0 Å². The van der Waals surface area contributed by atoms with Gasteiger partial charge in [0.25, 0.3) is 0 Å². The summed E-state index contributed by atoms with van der Waals surface area (Å²) < 4.78 is 0. The maximum absolute atomic E-state index is 13.4. The Labute approximate surface area is 174 Å². The fourth-order valence-corrected chi connectivity index (χ4v) is 5.16. The minimum atomic E-state index is -0.0457. The molecule has 0 spiro atoms. The van der Waals surface area contributed by atoms with E-state index in [0.717, 1.165) is 44.7 Å². The molecule has 4 rings (SSSR count). The van der Waals surface area contributed by atoms with Crippen molar-refractivity contribution >= 4 is 17.6 Å². The van der Waals surface area contributed by atoms with Crippen LogP contribution in [0.3, 0.4) is 0 Å². The first kappa shape index (κ1) is 20.2. The van der Waals surface area contributed by atoms with Crippen molar-refractivity contribution in [1.82, 2.24) is 14.7 Å². The number of carbonyl (C=O) groups is 2. The molecule has 6 heteroatoms. The van der Waals surface area contributed by atoms with Gasteiger partial charge in [-0.15, -0.1) is 0 Å². The summed E-state index contributed by atoms with van der Waals surface area (Å²) in [7, 11) is 0. The monoisotopic (exact) mass is 398 g/mol. The van der Waals surface area contributed by atoms with Gasteiger partial charge in [0.15, 0.2) is 0 Å². The molecule has 3 aliphatic rings. The molecule has 1 aromatic carbocycles. The summed E-state index contributed by atoms with van der Waals surface area (Å²) in [5.41, 5.74) is 0.823. The normalized spacial score (nSPS) is 22.5. The van der Waals surface area contributed by atoms with Crippen molar-refractivity contribution in [3.05, 3.63) is 30.3 Å². The summed E-state index contributed by atoms with van der Waals surface area (Å²) in [4.78, 5) is 32.4. The van der Waals surface area contributed by atoms with Gasteiger partial charge < -0.3 is 15.1 Å². The van der Waals surface area contributed by atoms with Crippen LogP contribution in [0.15, 0.2) is 30.3 Å². The van der Waals surface area contributed by atoms with Crippen molar-refractivity contribution < 1.29 is 9.59 Å². The van der Waals surface area contributed by atoms with Crippen LogP contribution in [0.4, 0.5) is 10.5 Å². The molecule has 6 nitrogen and oxygen atoms in total. The number of hydrogen-bond donors (Lipinski definition) is 1. The van der Waals surface area contributed by atoms with Crippen molar-refractivity contribution in [2.45, 2.75) is 51.0 Å². The molecule has 3 fully saturated rings. The van der Waals surface area contributed by atoms with E-state index in [0.29, 0.717) is 24.9 Å². The second-order valence-electron chi connectivity index (χ2n) is 8.69. The van der Waals surface area contributed by atoms with Crippen molar-refractivity contribution in [2.75, 3.05) is 44.6 Å². The number of piperazine rings is 1. The molecule has 1 unspecified atom stereocenters. The molecule has 158 valence electrons. The first-order valence-corrected chi connectivity index (χ1v) is 11.4. The molecular formula is C23H34N4O2. The predicted octanol–water partition coefficient (Wildman–Crippen LogP) is 3.41. The molecular weight excluding hydrogens is 364 g/mol. The number of likely N-dealkylation sites (tertiary alicyclic amines) is 1. The highest BCUT2D eigenvalue weighted by molar-refractivity contribution is 5.89. The van der Waals surface area contributed by atoms with Crippen LogP contribution in [0.1, 0.15) is 44.9 Å². The van der Waals surface area contributed by atoms with Crippen LogP contribution in [0.5, 0.6) is 0 Å². The molecule has 3 amide bonds. The SMILES string of the molecule is O=C(Nc1ccccc1)N1CCN(C(C(=O)N2CCCCC2)C2CCCC2)CC1. The number of amides is 3. The summed E-state index contributed by atoms with van der Waals surface area (Å²) >= 11 is 0. The Morgan fingerprint density at radius 1 is 0.793 bits per heavy atom. The third kappa shape index (κ3) is 4.92. The van der Waals surface area contributed by atoms with Gasteiger partial charge in [0.1, 0.15) is 0 Å². The maximum Gasteiger partial charge on any atom is 0.321 e. The largest absolute Gasteiger partial charge is 0.341 e. The Morgan fingerprint density at radius 2 is 1.45 bits per heavy atom. The minimum absolute atomic E-state index is 0.00920. The van der Waals surface area contributed by atoms with E-state index in [4.69, 9.17) is 0 Å². The van der Waals surface area contributed by atoms with Gasteiger partial charge in [-0.3, -0.25) is 9.69 Å². The second kappa shape index (κ2) is 9.61. The van der Waals surface area contributed by atoms with Crippen LogP contribution in [0, 0.1) is 5.92 Å². The summed E-state index contributed by atoms with van der Waals surface area (Å²) in [5, 5.41) is 2.98. The predicted molar refractivity (Wildman–Crippen MR) is 115 cm³/mol.